The first-order chi connectivity index (χ1) is 10.1. The number of nitrogens with zero attached hydrogens (tertiary/aromatic N) is 1. The van der Waals surface area contributed by atoms with E-state index >= 15 is 0 Å². The van der Waals surface area contributed by atoms with Gasteiger partial charge in [0.2, 0.25) is 0 Å². The van der Waals surface area contributed by atoms with Crippen molar-refractivity contribution >= 4 is 11.9 Å². The number of rotatable bonds is 4. The fourth-order valence-corrected chi connectivity index (χ4v) is 2.94. The van der Waals surface area contributed by atoms with Crippen molar-refractivity contribution < 1.29 is 14.3 Å². The zero-order chi connectivity index (χ0) is 15.4. The number of methoxy groups -OCH3 is 1. The summed E-state index contributed by atoms with van der Waals surface area (Å²) >= 11 is 0. The number of benzene rings is 1. The Balaban J connectivity index is 2.44. The fraction of sp³-hybridized carbons (Fsp3) is 0.529. The maximum atomic E-state index is 12.8. The molecule has 1 fully saturated rings. The Hall–Kier alpha value is -1.84. The molecule has 1 saturated heterocycles. The molecule has 0 spiro atoms. The first-order valence-electron chi connectivity index (χ1n) is 7.55. The van der Waals surface area contributed by atoms with Crippen molar-refractivity contribution in [3.8, 4) is 0 Å². The Kier molecular flexibility index (Phi) is 4.99. The van der Waals surface area contributed by atoms with Gasteiger partial charge in [-0.05, 0) is 37.3 Å². The van der Waals surface area contributed by atoms with E-state index in [2.05, 4.69) is 0 Å². The highest BCUT2D eigenvalue weighted by atomic mass is 16.5. The average molecular weight is 289 g/mol. The third-order valence-electron chi connectivity index (χ3n) is 4.00. The minimum Gasteiger partial charge on any atom is -0.469 e. The summed E-state index contributed by atoms with van der Waals surface area (Å²) in [5, 5.41) is 0. The summed E-state index contributed by atoms with van der Waals surface area (Å²) in [5.41, 5.74) is 3.58. The molecule has 0 saturated carbocycles. The number of carbonyl (C=O) groups is 2. The van der Waals surface area contributed by atoms with E-state index in [-0.39, 0.29) is 18.3 Å². The molecule has 1 aliphatic heterocycles. The zero-order valence-electron chi connectivity index (χ0n) is 13.1. The molecular weight excluding hydrogens is 266 g/mol. The number of aryl methyl sites for hydroxylation is 2. The second kappa shape index (κ2) is 6.74. The van der Waals surface area contributed by atoms with Crippen molar-refractivity contribution in [2.45, 2.75) is 39.5 Å². The molecule has 21 heavy (non-hydrogen) atoms. The predicted molar refractivity (Wildman–Crippen MR) is 81.4 cm³/mol. The highest BCUT2D eigenvalue weighted by Crippen LogP contribution is 2.23. The van der Waals surface area contributed by atoms with Gasteiger partial charge in [0, 0.05) is 18.7 Å². The van der Waals surface area contributed by atoms with Crippen LogP contribution in [0.2, 0.25) is 0 Å². The van der Waals surface area contributed by atoms with Crippen LogP contribution in [0.25, 0.3) is 0 Å². The van der Waals surface area contributed by atoms with Crippen molar-refractivity contribution in [1.29, 1.82) is 0 Å². The van der Waals surface area contributed by atoms with Gasteiger partial charge >= 0.3 is 5.97 Å². The van der Waals surface area contributed by atoms with Crippen LogP contribution in [0, 0.1) is 6.92 Å². The molecule has 1 heterocycles. The quantitative estimate of drug-likeness (QED) is 0.800. The molecule has 0 unspecified atom stereocenters. The molecule has 4 heteroatoms. The summed E-state index contributed by atoms with van der Waals surface area (Å²) in [6.45, 7) is 5.66. The molecule has 0 N–H and O–H groups in total. The van der Waals surface area contributed by atoms with Crippen molar-refractivity contribution in [3.63, 3.8) is 0 Å². The minimum absolute atomic E-state index is 0.0586. The van der Waals surface area contributed by atoms with Gasteiger partial charge < -0.3 is 9.64 Å². The highest BCUT2D eigenvalue weighted by molar-refractivity contribution is 5.98. The molecule has 2 rings (SSSR count). The van der Waals surface area contributed by atoms with Crippen LogP contribution in [0.1, 0.15) is 46.8 Å². The van der Waals surface area contributed by atoms with Gasteiger partial charge in [-0.3, -0.25) is 9.59 Å². The molecule has 1 aromatic rings. The summed E-state index contributed by atoms with van der Waals surface area (Å²) in [7, 11) is 1.38. The van der Waals surface area contributed by atoms with E-state index in [0.29, 0.717) is 5.56 Å². The van der Waals surface area contributed by atoms with Crippen LogP contribution in [-0.2, 0) is 22.4 Å². The molecular formula is C17H23NO3. The van der Waals surface area contributed by atoms with Gasteiger partial charge in [0.25, 0.3) is 5.91 Å². The van der Waals surface area contributed by atoms with Gasteiger partial charge in [0.1, 0.15) is 0 Å². The van der Waals surface area contributed by atoms with Gasteiger partial charge in [-0.15, -0.1) is 0 Å². The monoisotopic (exact) mass is 289 g/mol. The van der Waals surface area contributed by atoms with Crippen LogP contribution in [0.4, 0.5) is 0 Å². The van der Waals surface area contributed by atoms with E-state index < -0.39 is 0 Å². The highest BCUT2D eigenvalue weighted by Gasteiger charge is 2.25. The normalized spacial score (nSPS) is 14.3. The Morgan fingerprint density at radius 1 is 1.19 bits per heavy atom. The van der Waals surface area contributed by atoms with Crippen LogP contribution in [0.3, 0.4) is 0 Å². The predicted octanol–water partition coefficient (Wildman–Crippen LogP) is 2.51. The van der Waals surface area contributed by atoms with Crippen LogP contribution < -0.4 is 0 Å². The summed E-state index contributed by atoms with van der Waals surface area (Å²) in [4.78, 5) is 26.3. The van der Waals surface area contributed by atoms with Crippen LogP contribution in [-0.4, -0.2) is 37.0 Å². The van der Waals surface area contributed by atoms with E-state index in [4.69, 9.17) is 4.74 Å². The minimum atomic E-state index is -0.307. The van der Waals surface area contributed by atoms with E-state index in [9.17, 15) is 9.59 Å². The largest absolute Gasteiger partial charge is 0.469 e. The van der Waals surface area contributed by atoms with Crippen molar-refractivity contribution in [2.24, 2.45) is 0 Å². The molecule has 1 aliphatic rings. The van der Waals surface area contributed by atoms with E-state index in [1.54, 1.807) is 0 Å². The molecule has 4 nitrogen and oxygen atoms in total. The van der Waals surface area contributed by atoms with E-state index in [1.807, 2.05) is 30.9 Å². The van der Waals surface area contributed by atoms with Crippen molar-refractivity contribution in [3.05, 3.63) is 34.4 Å². The Labute approximate surface area is 126 Å². The molecule has 114 valence electrons. The Bertz CT molecular complexity index is 545. The van der Waals surface area contributed by atoms with Crippen molar-refractivity contribution in [2.75, 3.05) is 20.2 Å². The molecule has 0 aliphatic carbocycles. The number of hydrogen-bond donors (Lipinski definition) is 0. The summed E-state index contributed by atoms with van der Waals surface area (Å²) in [5.74, 6) is -0.249. The summed E-state index contributed by atoms with van der Waals surface area (Å²) in [6.07, 6.45) is 3.06. The van der Waals surface area contributed by atoms with Gasteiger partial charge in [0.15, 0.2) is 0 Å². The third kappa shape index (κ3) is 3.43. The number of ether oxygens (including phenoxy) is 1. The third-order valence-corrected chi connectivity index (χ3v) is 4.00. The van der Waals surface area contributed by atoms with Gasteiger partial charge in [0.05, 0.1) is 13.5 Å². The number of carbonyl (C=O) groups excluding carboxylic acids is 2. The Morgan fingerprint density at radius 3 is 2.38 bits per heavy atom. The smallest absolute Gasteiger partial charge is 0.310 e. The SMILES string of the molecule is CCc1cc(C)cc(CC(=O)OC)c1C(=O)N1CCCC1. The lowest BCUT2D eigenvalue weighted by Gasteiger charge is -2.20. The molecule has 0 aromatic heterocycles. The topological polar surface area (TPSA) is 46.6 Å². The van der Waals surface area contributed by atoms with Gasteiger partial charge in [-0.1, -0.05) is 24.6 Å². The maximum absolute atomic E-state index is 12.8. The molecule has 1 aromatic carbocycles. The zero-order valence-corrected chi connectivity index (χ0v) is 13.1. The van der Waals surface area contributed by atoms with E-state index in [1.165, 1.54) is 7.11 Å². The maximum Gasteiger partial charge on any atom is 0.310 e. The van der Waals surface area contributed by atoms with Gasteiger partial charge in [-0.2, -0.15) is 0 Å². The summed E-state index contributed by atoms with van der Waals surface area (Å²) < 4.78 is 4.76. The second-order valence-electron chi connectivity index (χ2n) is 5.56. The number of likely N-dealkylation sites (tertiary alicyclic amines) is 1. The fourth-order valence-electron chi connectivity index (χ4n) is 2.94. The molecule has 1 amide bonds. The van der Waals surface area contributed by atoms with Crippen LogP contribution >= 0.6 is 0 Å². The molecule has 0 atom stereocenters. The number of esters is 1. The first-order valence-corrected chi connectivity index (χ1v) is 7.55. The second-order valence-corrected chi connectivity index (χ2v) is 5.56. The number of hydrogen-bond acceptors (Lipinski definition) is 3. The first kappa shape index (κ1) is 15.5. The lowest BCUT2D eigenvalue weighted by atomic mass is 9.93. The van der Waals surface area contributed by atoms with Gasteiger partial charge in [-0.25, -0.2) is 0 Å². The summed E-state index contributed by atoms with van der Waals surface area (Å²) in [6, 6.07) is 3.98. The van der Waals surface area contributed by atoms with Crippen molar-refractivity contribution in [1.82, 2.24) is 4.90 Å². The lowest BCUT2D eigenvalue weighted by Crippen LogP contribution is -2.30. The Morgan fingerprint density at radius 2 is 1.81 bits per heavy atom. The molecule has 0 bridgehead atoms. The standard InChI is InChI=1S/C17H23NO3/c1-4-13-9-12(2)10-14(11-15(19)21-3)16(13)17(20)18-7-5-6-8-18/h9-10H,4-8,11H2,1-3H3. The number of amides is 1. The van der Waals surface area contributed by atoms with Crippen LogP contribution in [0.5, 0.6) is 0 Å². The molecule has 0 radical (unpaired) electrons. The van der Waals surface area contributed by atoms with E-state index in [0.717, 1.165) is 49.0 Å². The average Bonchev–Trinajstić information content (AvgIpc) is 3.00. The lowest BCUT2D eigenvalue weighted by molar-refractivity contribution is -0.139. The van der Waals surface area contributed by atoms with Crippen LogP contribution in [0.15, 0.2) is 12.1 Å².